The zero-order valence-electron chi connectivity index (χ0n) is 18.7. The molecule has 0 atom stereocenters. The molecule has 3 rings (SSSR count). The molecule has 0 radical (unpaired) electrons. The number of piperazine rings is 1. The minimum atomic E-state index is -3.53. The Morgan fingerprint density at radius 1 is 0.939 bits per heavy atom. The molecule has 182 valence electrons. The van der Waals surface area contributed by atoms with E-state index in [9.17, 15) is 13.2 Å². The van der Waals surface area contributed by atoms with E-state index in [0.717, 1.165) is 0 Å². The van der Waals surface area contributed by atoms with Gasteiger partial charge in [-0.25, -0.2) is 8.42 Å². The molecule has 11 heteroatoms. The Balaban J connectivity index is 0.00000385. The van der Waals surface area contributed by atoms with Crippen molar-refractivity contribution in [2.24, 2.45) is 0 Å². The maximum Gasteiger partial charge on any atom is 0.257 e. The summed E-state index contributed by atoms with van der Waals surface area (Å²) in [5, 5.41) is 2.83. The third-order valence-electron chi connectivity index (χ3n) is 5.19. The summed E-state index contributed by atoms with van der Waals surface area (Å²) in [6, 6.07) is 13.5. The molecule has 0 bridgehead atoms. The van der Waals surface area contributed by atoms with Crippen LogP contribution in [0.3, 0.4) is 0 Å². The molecule has 0 saturated carbocycles. The van der Waals surface area contributed by atoms with Crippen LogP contribution in [0.1, 0.15) is 0 Å². The molecule has 2 aromatic carbocycles. The quantitative estimate of drug-likeness (QED) is 0.530. The SMILES string of the molecule is COc1ccc(S(=O)(=O)N2CCN(CCNC(=O)COc3cccc(OC)c3)CC2)cc1.Cl. The van der Waals surface area contributed by atoms with Gasteiger partial charge in [0.05, 0.1) is 19.1 Å². The standard InChI is InChI=1S/C22H29N3O6S.ClH/c1-29-18-6-8-21(9-7-18)32(27,28)25-14-12-24(13-15-25)11-10-23-22(26)17-31-20-5-3-4-19(16-20)30-2;/h3-9,16H,10-15,17H2,1-2H3,(H,23,26);1H. The summed E-state index contributed by atoms with van der Waals surface area (Å²) in [5.41, 5.74) is 0. The number of hydrogen-bond donors (Lipinski definition) is 1. The van der Waals surface area contributed by atoms with Gasteiger partial charge in [0.1, 0.15) is 17.2 Å². The van der Waals surface area contributed by atoms with Gasteiger partial charge in [-0.2, -0.15) is 4.31 Å². The highest BCUT2D eigenvalue weighted by molar-refractivity contribution is 7.89. The number of carbonyl (C=O) groups excluding carboxylic acids is 1. The van der Waals surface area contributed by atoms with Gasteiger partial charge in [0.25, 0.3) is 5.91 Å². The van der Waals surface area contributed by atoms with Crippen LogP contribution in [-0.4, -0.2) is 83.6 Å². The normalized spacial score (nSPS) is 14.7. The van der Waals surface area contributed by atoms with Crippen LogP contribution in [0.2, 0.25) is 0 Å². The van der Waals surface area contributed by atoms with Crippen LogP contribution in [0.4, 0.5) is 0 Å². The number of hydrogen-bond acceptors (Lipinski definition) is 7. The van der Waals surface area contributed by atoms with Crippen molar-refractivity contribution in [1.29, 1.82) is 0 Å². The van der Waals surface area contributed by atoms with Crippen LogP contribution in [0.5, 0.6) is 17.2 Å². The van der Waals surface area contributed by atoms with Crippen LogP contribution >= 0.6 is 12.4 Å². The van der Waals surface area contributed by atoms with Crippen molar-refractivity contribution in [1.82, 2.24) is 14.5 Å². The average Bonchev–Trinajstić information content (AvgIpc) is 2.83. The highest BCUT2D eigenvalue weighted by Crippen LogP contribution is 2.21. The fourth-order valence-corrected chi connectivity index (χ4v) is 4.76. The second kappa shape index (κ2) is 12.6. The number of amides is 1. The van der Waals surface area contributed by atoms with E-state index >= 15 is 0 Å². The van der Waals surface area contributed by atoms with E-state index < -0.39 is 10.0 Å². The van der Waals surface area contributed by atoms with Crippen molar-refractivity contribution in [3.63, 3.8) is 0 Å². The molecule has 9 nitrogen and oxygen atoms in total. The molecule has 2 aromatic rings. The number of nitrogens with zero attached hydrogens (tertiary/aromatic N) is 2. The van der Waals surface area contributed by atoms with Crippen LogP contribution in [0.15, 0.2) is 53.4 Å². The molecule has 1 fully saturated rings. The van der Waals surface area contributed by atoms with Gasteiger partial charge in [-0.3, -0.25) is 9.69 Å². The summed E-state index contributed by atoms with van der Waals surface area (Å²) in [7, 11) is -0.417. The summed E-state index contributed by atoms with van der Waals surface area (Å²) in [5.74, 6) is 1.63. The molecular formula is C22H30ClN3O6S. The molecule has 0 aliphatic carbocycles. The molecule has 33 heavy (non-hydrogen) atoms. The summed E-state index contributed by atoms with van der Waals surface area (Å²) in [6.07, 6.45) is 0. The molecule has 1 heterocycles. The lowest BCUT2D eigenvalue weighted by molar-refractivity contribution is -0.123. The molecule has 0 spiro atoms. The lowest BCUT2D eigenvalue weighted by Gasteiger charge is -2.34. The molecule has 0 unspecified atom stereocenters. The highest BCUT2D eigenvalue weighted by atomic mass is 35.5. The first-order valence-electron chi connectivity index (χ1n) is 10.3. The molecule has 1 aliphatic heterocycles. The van der Waals surface area contributed by atoms with E-state index in [0.29, 0.717) is 56.5 Å². The van der Waals surface area contributed by atoms with Crippen molar-refractivity contribution < 1.29 is 27.4 Å². The van der Waals surface area contributed by atoms with Crippen LogP contribution in [0, 0.1) is 0 Å². The van der Waals surface area contributed by atoms with Gasteiger partial charge in [-0.15, -0.1) is 12.4 Å². The zero-order chi connectivity index (χ0) is 23.0. The van der Waals surface area contributed by atoms with Crippen molar-refractivity contribution in [2.75, 3.05) is 60.1 Å². The number of benzene rings is 2. The Morgan fingerprint density at radius 3 is 2.21 bits per heavy atom. The molecule has 1 saturated heterocycles. The van der Waals surface area contributed by atoms with Gasteiger partial charge in [-0.05, 0) is 36.4 Å². The Hall–Kier alpha value is -2.53. The maximum atomic E-state index is 12.8. The number of methoxy groups -OCH3 is 2. The first-order valence-corrected chi connectivity index (χ1v) is 11.8. The van der Waals surface area contributed by atoms with Crippen molar-refractivity contribution >= 4 is 28.3 Å². The molecular weight excluding hydrogens is 470 g/mol. The number of halogens is 1. The van der Waals surface area contributed by atoms with Crippen molar-refractivity contribution in [3.8, 4) is 17.2 Å². The molecule has 1 amide bonds. The van der Waals surface area contributed by atoms with Gasteiger partial charge in [0.2, 0.25) is 10.0 Å². The predicted molar refractivity (Wildman–Crippen MR) is 127 cm³/mol. The van der Waals surface area contributed by atoms with Crippen LogP contribution in [-0.2, 0) is 14.8 Å². The molecule has 1 aliphatic rings. The van der Waals surface area contributed by atoms with Gasteiger partial charge in [-0.1, -0.05) is 6.07 Å². The van der Waals surface area contributed by atoms with E-state index in [2.05, 4.69) is 10.2 Å². The van der Waals surface area contributed by atoms with Crippen molar-refractivity contribution in [3.05, 3.63) is 48.5 Å². The minimum absolute atomic E-state index is 0. The monoisotopic (exact) mass is 499 g/mol. The lowest BCUT2D eigenvalue weighted by Crippen LogP contribution is -2.50. The van der Waals surface area contributed by atoms with E-state index in [-0.39, 0.29) is 29.8 Å². The number of sulfonamides is 1. The van der Waals surface area contributed by atoms with Crippen molar-refractivity contribution in [2.45, 2.75) is 4.90 Å². The van der Waals surface area contributed by atoms with Gasteiger partial charge >= 0.3 is 0 Å². The smallest absolute Gasteiger partial charge is 0.257 e. The first-order chi connectivity index (χ1) is 15.4. The van der Waals surface area contributed by atoms with E-state index in [1.165, 1.54) is 4.31 Å². The Bertz CT molecular complexity index is 995. The number of carbonyl (C=O) groups is 1. The third kappa shape index (κ3) is 7.50. The largest absolute Gasteiger partial charge is 0.497 e. The highest BCUT2D eigenvalue weighted by Gasteiger charge is 2.28. The Morgan fingerprint density at radius 2 is 1.58 bits per heavy atom. The summed E-state index contributed by atoms with van der Waals surface area (Å²) < 4.78 is 42.8. The summed E-state index contributed by atoms with van der Waals surface area (Å²) >= 11 is 0. The topological polar surface area (TPSA) is 97.4 Å². The van der Waals surface area contributed by atoms with Gasteiger partial charge in [0, 0.05) is 45.3 Å². The summed E-state index contributed by atoms with van der Waals surface area (Å²) in [4.78, 5) is 14.4. The van der Waals surface area contributed by atoms with Crippen LogP contribution in [0.25, 0.3) is 0 Å². The number of rotatable bonds is 10. The maximum absolute atomic E-state index is 12.8. The predicted octanol–water partition coefficient (Wildman–Crippen LogP) is 1.63. The number of ether oxygens (including phenoxy) is 3. The average molecular weight is 500 g/mol. The Labute approximate surface area is 201 Å². The third-order valence-corrected chi connectivity index (χ3v) is 7.10. The Kier molecular flexibility index (Phi) is 10.2. The fraction of sp³-hybridized carbons (Fsp3) is 0.409. The zero-order valence-corrected chi connectivity index (χ0v) is 20.4. The second-order valence-corrected chi connectivity index (χ2v) is 9.18. The van der Waals surface area contributed by atoms with E-state index in [4.69, 9.17) is 14.2 Å². The number of nitrogens with one attached hydrogen (secondary N) is 1. The summed E-state index contributed by atoms with van der Waals surface area (Å²) in [6.45, 7) is 3.04. The fourth-order valence-electron chi connectivity index (χ4n) is 3.33. The first kappa shape index (κ1) is 26.7. The van der Waals surface area contributed by atoms with E-state index in [1.54, 1.807) is 62.8 Å². The lowest BCUT2D eigenvalue weighted by atomic mass is 10.3. The molecule has 1 N–H and O–H groups in total. The van der Waals surface area contributed by atoms with Gasteiger partial charge < -0.3 is 19.5 Å². The minimum Gasteiger partial charge on any atom is -0.497 e. The van der Waals surface area contributed by atoms with E-state index in [1.807, 2.05) is 0 Å². The van der Waals surface area contributed by atoms with Crippen LogP contribution < -0.4 is 19.5 Å². The molecule has 0 aromatic heterocycles. The second-order valence-electron chi connectivity index (χ2n) is 7.24. The van der Waals surface area contributed by atoms with Gasteiger partial charge in [0.15, 0.2) is 6.61 Å².